The molecule has 0 spiro atoms. The molecule has 0 radical (unpaired) electrons. The van der Waals surface area contributed by atoms with Crippen LogP contribution >= 0.6 is 0 Å². The van der Waals surface area contributed by atoms with E-state index in [1.165, 1.54) is 0 Å². The monoisotopic (exact) mass is 286 g/mol. The molecule has 1 saturated heterocycles. The molecule has 6 nitrogen and oxygen atoms in total. The van der Waals surface area contributed by atoms with Gasteiger partial charge in [0, 0.05) is 19.2 Å². The van der Waals surface area contributed by atoms with Gasteiger partial charge in [0.2, 0.25) is 0 Å². The average molecular weight is 286 g/mol. The minimum atomic E-state index is -1.02. The van der Waals surface area contributed by atoms with Gasteiger partial charge in [0.15, 0.2) is 0 Å². The summed E-state index contributed by atoms with van der Waals surface area (Å²) in [6.07, 6.45) is 3.27. The maximum absolute atomic E-state index is 12.3. The van der Waals surface area contributed by atoms with Crippen molar-refractivity contribution in [2.24, 2.45) is 5.41 Å². The number of amides is 2. The van der Waals surface area contributed by atoms with Crippen LogP contribution in [0.2, 0.25) is 0 Å². The Morgan fingerprint density at radius 1 is 1.40 bits per heavy atom. The summed E-state index contributed by atoms with van der Waals surface area (Å²) in [7, 11) is 0. The van der Waals surface area contributed by atoms with Gasteiger partial charge in [0.1, 0.15) is 6.04 Å². The summed E-state index contributed by atoms with van der Waals surface area (Å²) in [5.41, 5.74) is -0.540. The van der Waals surface area contributed by atoms with Gasteiger partial charge in [0.25, 0.3) is 0 Å². The second-order valence-corrected chi connectivity index (χ2v) is 6.44. The van der Waals surface area contributed by atoms with Crippen LogP contribution in [0.4, 0.5) is 4.79 Å². The van der Waals surface area contributed by atoms with E-state index in [0.29, 0.717) is 13.0 Å². The Morgan fingerprint density at radius 2 is 2.05 bits per heavy atom. The molecule has 0 aromatic heterocycles. The number of aliphatic hydroxyl groups excluding tert-OH is 1. The molecular weight excluding hydrogens is 260 g/mol. The van der Waals surface area contributed by atoms with Crippen LogP contribution in [0.5, 0.6) is 0 Å². The molecule has 0 bridgehead atoms. The van der Waals surface area contributed by atoms with Crippen molar-refractivity contribution < 1.29 is 19.8 Å². The largest absolute Gasteiger partial charge is 0.480 e. The highest BCUT2D eigenvalue weighted by Gasteiger charge is 2.36. The number of carbonyl (C=O) groups is 2. The van der Waals surface area contributed by atoms with Gasteiger partial charge in [-0.05, 0) is 31.1 Å². The number of carboxylic acid groups (broad SMARTS) is 1. The van der Waals surface area contributed by atoms with Crippen molar-refractivity contribution in [1.82, 2.24) is 10.2 Å². The molecule has 1 aliphatic heterocycles. The summed E-state index contributed by atoms with van der Waals surface area (Å²) in [5, 5.41) is 20.8. The van der Waals surface area contributed by atoms with E-state index in [1.54, 1.807) is 25.7 Å². The zero-order valence-corrected chi connectivity index (χ0v) is 12.6. The van der Waals surface area contributed by atoms with Gasteiger partial charge in [-0.2, -0.15) is 0 Å². The van der Waals surface area contributed by atoms with Crippen LogP contribution in [-0.4, -0.2) is 52.3 Å². The van der Waals surface area contributed by atoms with Crippen LogP contribution in [0, 0.1) is 5.41 Å². The fraction of sp³-hybridized carbons (Fsp3) is 0.857. The van der Waals surface area contributed by atoms with E-state index in [1.807, 2.05) is 0 Å². The summed E-state index contributed by atoms with van der Waals surface area (Å²) < 4.78 is 0. The lowest BCUT2D eigenvalue weighted by molar-refractivity contribution is -0.142. The number of carbonyl (C=O) groups excluding carboxylic acids is 1. The lowest BCUT2D eigenvalue weighted by Gasteiger charge is -2.31. The van der Waals surface area contributed by atoms with Gasteiger partial charge in [-0.3, -0.25) is 0 Å². The molecule has 2 atom stereocenters. The van der Waals surface area contributed by atoms with Gasteiger partial charge < -0.3 is 20.4 Å². The first-order valence-corrected chi connectivity index (χ1v) is 7.18. The predicted octanol–water partition coefficient (Wildman–Crippen LogP) is 1.43. The molecule has 1 heterocycles. The zero-order chi connectivity index (χ0) is 15.3. The van der Waals surface area contributed by atoms with Gasteiger partial charge in [-0.25, -0.2) is 9.59 Å². The van der Waals surface area contributed by atoms with Crippen LogP contribution in [0.15, 0.2) is 0 Å². The number of aliphatic carboxylic acids is 1. The van der Waals surface area contributed by atoms with Gasteiger partial charge in [-0.1, -0.05) is 20.8 Å². The second-order valence-electron chi connectivity index (χ2n) is 6.44. The summed E-state index contributed by atoms with van der Waals surface area (Å²) in [6, 6.07) is -1.11. The Labute approximate surface area is 120 Å². The topological polar surface area (TPSA) is 89.9 Å². The average Bonchev–Trinajstić information content (AvgIpc) is 2.79. The normalized spacial score (nSPS) is 20.8. The SMILES string of the molecule is CC(C)(C)[C@H](NC(=O)N1CCCC1CCCO)C(=O)O. The molecule has 2 amide bonds. The van der Waals surface area contributed by atoms with Crippen molar-refractivity contribution in [2.75, 3.05) is 13.2 Å². The van der Waals surface area contributed by atoms with Crippen LogP contribution in [0.25, 0.3) is 0 Å². The van der Waals surface area contributed by atoms with Crippen molar-refractivity contribution in [2.45, 2.75) is 58.5 Å². The maximum atomic E-state index is 12.3. The van der Waals surface area contributed by atoms with Crippen molar-refractivity contribution in [3.05, 3.63) is 0 Å². The maximum Gasteiger partial charge on any atom is 0.326 e. The number of nitrogens with zero attached hydrogens (tertiary/aromatic N) is 1. The molecule has 20 heavy (non-hydrogen) atoms. The van der Waals surface area contributed by atoms with Gasteiger partial charge >= 0.3 is 12.0 Å². The van der Waals surface area contributed by atoms with E-state index in [0.717, 1.165) is 19.3 Å². The number of carboxylic acids is 1. The smallest absolute Gasteiger partial charge is 0.326 e. The van der Waals surface area contributed by atoms with E-state index in [-0.39, 0.29) is 18.7 Å². The van der Waals surface area contributed by atoms with E-state index < -0.39 is 17.4 Å². The number of urea groups is 1. The highest BCUT2D eigenvalue weighted by Crippen LogP contribution is 2.23. The highest BCUT2D eigenvalue weighted by molar-refractivity contribution is 5.83. The second kappa shape index (κ2) is 6.92. The predicted molar refractivity (Wildman–Crippen MR) is 75.5 cm³/mol. The van der Waals surface area contributed by atoms with Crippen LogP contribution in [0.3, 0.4) is 0 Å². The summed E-state index contributed by atoms with van der Waals surface area (Å²) >= 11 is 0. The minimum Gasteiger partial charge on any atom is -0.480 e. The first kappa shape index (κ1) is 16.8. The Hall–Kier alpha value is -1.30. The van der Waals surface area contributed by atoms with Gasteiger partial charge in [0.05, 0.1) is 0 Å². The molecule has 1 rings (SSSR count). The number of aliphatic hydroxyl groups is 1. The quantitative estimate of drug-likeness (QED) is 0.713. The Bertz CT molecular complexity index is 352. The molecule has 0 saturated carbocycles. The Kier molecular flexibility index (Phi) is 5.80. The van der Waals surface area contributed by atoms with Crippen LogP contribution in [0.1, 0.15) is 46.5 Å². The summed E-state index contributed by atoms with van der Waals surface area (Å²) in [6.45, 7) is 6.14. The Balaban J connectivity index is 2.66. The highest BCUT2D eigenvalue weighted by atomic mass is 16.4. The third kappa shape index (κ3) is 4.37. The number of hydrogen-bond donors (Lipinski definition) is 3. The molecule has 0 aromatic rings. The van der Waals surface area contributed by atoms with Crippen molar-refractivity contribution in [1.29, 1.82) is 0 Å². The third-order valence-corrected chi connectivity index (χ3v) is 3.71. The first-order valence-electron chi connectivity index (χ1n) is 7.18. The van der Waals surface area contributed by atoms with Crippen molar-refractivity contribution in [3.63, 3.8) is 0 Å². The molecule has 0 aromatic carbocycles. The van der Waals surface area contributed by atoms with Crippen LogP contribution < -0.4 is 5.32 Å². The van der Waals surface area contributed by atoms with Crippen molar-refractivity contribution in [3.8, 4) is 0 Å². The standard InChI is InChI=1S/C14H26N2O4/c1-14(2,3)11(12(18)19)15-13(20)16-8-4-6-10(16)7-5-9-17/h10-11,17H,4-9H2,1-3H3,(H,15,20)(H,18,19)/t10?,11-/m1/s1. The molecular formula is C14H26N2O4. The summed E-state index contributed by atoms with van der Waals surface area (Å²) in [5.74, 6) is -1.02. The third-order valence-electron chi connectivity index (χ3n) is 3.71. The molecule has 1 unspecified atom stereocenters. The molecule has 116 valence electrons. The van der Waals surface area contributed by atoms with Crippen LogP contribution in [-0.2, 0) is 4.79 Å². The molecule has 3 N–H and O–H groups in total. The van der Waals surface area contributed by atoms with E-state index in [9.17, 15) is 14.7 Å². The molecule has 6 heteroatoms. The lowest BCUT2D eigenvalue weighted by Crippen LogP contribution is -2.54. The van der Waals surface area contributed by atoms with Crippen molar-refractivity contribution >= 4 is 12.0 Å². The first-order chi connectivity index (χ1) is 9.27. The number of nitrogens with one attached hydrogen (secondary N) is 1. The lowest BCUT2D eigenvalue weighted by atomic mass is 9.87. The molecule has 1 fully saturated rings. The zero-order valence-electron chi connectivity index (χ0n) is 12.6. The molecule has 0 aliphatic carbocycles. The molecule has 1 aliphatic rings. The van der Waals surface area contributed by atoms with E-state index in [2.05, 4.69) is 5.32 Å². The fourth-order valence-corrected chi connectivity index (χ4v) is 2.59. The Morgan fingerprint density at radius 3 is 2.55 bits per heavy atom. The number of hydrogen-bond acceptors (Lipinski definition) is 3. The van der Waals surface area contributed by atoms with E-state index >= 15 is 0 Å². The van der Waals surface area contributed by atoms with E-state index in [4.69, 9.17) is 5.11 Å². The minimum absolute atomic E-state index is 0.108. The number of likely N-dealkylation sites (tertiary alicyclic amines) is 1. The van der Waals surface area contributed by atoms with Gasteiger partial charge in [-0.15, -0.1) is 0 Å². The fourth-order valence-electron chi connectivity index (χ4n) is 2.59. The summed E-state index contributed by atoms with van der Waals surface area (Å²) in [4.78, 5) is 25.3. The number of rotatable bonds is 5.